The van der Waals surface area contributed by atoms with Crippen LogP contribution in [0.3, 0.4) is 0 Å². The van der Waals surface area contributed by atoms with Crippen LogP contribution in [0.15, 0.2) is 22.7 Å². The molecule has 3 nitrogen and oxygen atoms in total. The molecule has 114 valence electrons. The molecule has 1 heterocycles. The first-order valence-electron chi connectivity index (χ1n) is 7.93. The third-order valence-electron chi connectivity index (χ3n) is 4.52. The summed E-state index contributed by atoms with van der Waals surface area (Å²) in [5.41, 5.74) is 1.91. The second-order valence-corrected chi connectivity index (χ2v) is 7.28. The maximum Gasteiger partial charge on any atom is 0.254 e. The standard InChI is InChI=1S/C17H23BrN2O/c1-12-9-14(18)4-7-16(12)17(21)20(15-5-6-15)11-13-3-2-8-19-10-13/h4,7,9,13,15,19H,2-3,5-6,8,10-11H2,1H3. The summed E-state index contributed by atoms with van der Waals surface area (Å²) in [6.07, 6.45) is 4.81. The quantitative estimate of drug-likeness (QED) is 0.902. The Balaban J connectivity index is 1.75. The number of hydrogen-bond donors (Lipinski definition) is 1. The molecule has 1 aliphatic carbocycles. The maximum atomic E-state index is 12.9. The molecule has 2 fully saturated rings. The van der Waals surface area contributed by atoms with Crippen LogP contribution in [0.2, 0.25) is 0 Å². The number of nitrogens with one attached hydrogen (secondary N) is 1. The molecule has 21 heavy (non-hydrogen) atoms. The molecule has 1 N–H and O–H groups in total. The van der Waals surface area contributed by atoms with Gasteiger partial charge in [-0.25, -0.2) is 0 Å². The molecule has 1 aromatic carbocycles. The molecule has 3 rings (SSSR count). The van der Waals surface area contributed by atoms with Gasteiger partial charge in [-0.3, -0.25) is 4.79 Å². The molecule has 2 aliphatic rings. The van der Waals surface area contributed by atoms with E-state index in [9.17, 15) is 4.79 Å². The zero-order chi connectivity index (χ0) is 14.8. The molecule has 1 saturated heterocycles. The van der Waals surface area contributed by atoms with Crippen LogP contribution in [0.4, 0.5) is 0 Å². The zero-order valence-corrected chi connectivity index (χ0v) is 14.2. The smallest absolute Gasteiger partial charge is 0.254 e. The highest BCUT2D eigenvalue weighted by molar-refractivity contribution is 9.10. The monoisotopic (exact) mass is 350 g/mol. The molecule has 0 spiro atoms. The van der Waals surface area contributed by atoms with Crippen molar-refractivity contribution in [3.8, 4) is 0 Å². The topological polar surface area (TPSA) is 32.3 Å². The van der Waals surface area contributed by atoms with Gasteiger partial charge in [-0.05, 0) is 75.4 Å². The summed E-state index contributed by atoms with van der Waals surface area (Å²) in [5.74, 6) is 0.826. The number of halogens is 1. The van der Waals surface area contributed by atoms with Crippen LogP contribution in [0, 0.1) is 12.8 Å². The molecule has 4 heteroatoms. The van der Waals surface area contributed by atoms with E-state index in [1.165, 1.54) is 25.7 Å². The van der Waals surface area contributed by atoms with Gasteiger partial charge in [0.1, 0.15) is 0 Å². The third-order valence-corrected chi connectivity index (χ3v) is 5.01. The van der Waals surface area contributed by atoms with Gasteiger partial charge in [0.25, 0.3) is 5.91 Å². The first-order chi connectivity index (χ1) is 10.1. The predicted molar refractivity (Wildman–Crippen MR) is 88.5 cm³/mol. The highest BCUT2D eigenvalue weighted by Gasteiger charge is 2.35. The Kier molecular flexibility index (Phi) is 4.65. The van der Waals surface area contributed by atoms with E-state index in [0.717, 1.165) is 35.2 Å². The summed E-state index contributed by atoms with van der Waals surface area (Å²) in [7, 11) is 0. The van der Waals surface area contributed by atoms with Crippen molar-refractivity contribution < 1.29 is 4.79 Å². The molecule has 1 unspecified atom stereocenters. The van der Waals surface area contributed by atoms with Gasteiger partial charge in [-0.2, -0.15) is 0 Å². The molecule has 1 amide bonds. The number of amides is 1. The van der Waals surface area contributed by atoms with Crippen LogP contribution in [-0.4, -0.2) is 36.5 Å². The first kappa shape index (κ1) is 15.0. The van der Waals surface area contributed by atoms with Gasteiger partial charge >= 0.3 is 0 Å². The fourth-order valence-electron chi connectivity index (χ4n) is 3.16. The van der Waals surface area contributed by atoms with Crippen LogP contribution in [0.5, 0.6) is 0 Å². The number of carbonyl (C=O) groups is 1. The van der Waals surface area contributed by atoms with Gasteiger partial charge < -0.3 is 10.2 Å². The highest BCUT2D eigenvalue weighted by Crippen LogP contribution is 2.31. The van der Waals surface area contributed by atoms with E-state index in [0.29, 0.717) is 12.0 Å². The van der Waals surface area contributed by atoms with Crippen LogP contribution in [-0.2, 0) is 0 Å². The number of piperidine rings is 1. The van der Waals surface area contributed by atoms with Crippen LogP contribution < -0.4 is 5.32 Å². The molecular weight excluding hydrogens is 328 g/mol. The maximum absolute atomic E-state index is 12.9. The van der Waals surface area contributed by atoms with Gasteiger partial charge in [-0.1, -0.05) is 15.9 Å². The van der Waals surface area contributed by atoms with Crippen molar-refractivity contribution in [2.45, 2.75) is 38.6 Å². The van der Waals surface area contributed by atoms with Gasteiger partial charge in [0.2, 0.25) is 0 Å². The molecular formula is C17H23BrN2O. The van der Waals surface area contributed by atoms with Crippen molar-refractivity contribution >= 4 is 21.8 Å². The lowest BCUT2D eigenvalue weighted by Gasteiger charge is -2.30. The van der Waals surface area contributed by atoms with Gasteiger partial charge in [-0.15, -0.1) is 0 Å². The van der Waals surface area contributed by atoms with Crippen molar-refractivity contribution in [3.05, 3.63) is 33.8 Å². The van der Waals surface area contributed by atoms with Crippen LogP contribution in [0.25, 0.3) is 0 Å². The van der Waals surface area contributed by atoms with Crippen LogP contribution >= 0.6 is 15.9 Å². The number of hydrogen-bond acceptors (Lipinski definition) is 2. The molecule has 1 aliphatic heterocycles. The second-order valence-electron chi connectivity index (χ2n) is 6.36. The fraction of sp³-hybridized carbons (Fsp3) is 0.588. The van der Waals surface area contributed by atoms with E-state index in [2.05, 4.69) is 26.1 Å². The SMILES string of the molecule is Cc1cc(Br)ccc1C(=O)N(CC1CCCNC1)C1CC1. The lowest BCUT2D eigenvalue weighted by atomic mass is 9.98. The summed E-state index contributed by atoms with van der Waals surface area (Å²) in [6, 6.07) is 6.42. The Bertz CT molecular complexity index is 522. The molecule has 1 aromatic rings. The number of nitrogens with zero attached hydrogens (tertiary/aromatic N) is 1. The Morgan fingerprint density at radius 2 is 2.19 bits per heavy atom. The Labute approximate surface area is 135 Å². The predicted octanol–water partition coefficient (Wildman–Crippen LogP) is 3.36. The largest absolute Gasteiger partial charge is 0.335 e. The average Bonchev–Trinajstić information content (AvgIpc) is 3.30. The number of carbonyl (C=O) groups excluding carboxylic acids is 1. The second kappa shape index (κ2) is 6.49. The lowest BCUT2D eigenvalue weighted by molar-refractivity contribution is 0.0703. The molecule has 0 aromatic heterocycles. The van der Waals surface area contributed by atoms with Crippen molar-refractivity contribution in [1.82, 2.24) is 10.2 Å². The summed E-state index contributed by atoms with van der Waals surface area (Å²) < 4.78 is 1.03. The minimum atomic E-state index is 0.216. The summed E-state index contributed by atoms with van der Waals surface area (Å²) >= 11 is 3.47. The van der Waals surface area contributed by atoms with E-state index in [1.807, 2.05) is 25.1 Å². The van der Waals surface area contributed by atoms with E-state index < -0.39 is 0 Å². The van der Waals surface area contributed by atoms with E-state index >= 15 is 0 Å². The highest BCUT2D eigenvalue weighted by atomic mass is 79.9. The summed E-state index contributed by atoms with van der Waals surface area (Å²) in [5, 5.41) is 3.45. The minimum Gasteiger partial charge on any atom is -0.335 e. The number of aryl methyl sites for hydroxylation is 1. The Morgan fingerprint density at radius 3 is 2.81 bits per heavy atom. The summed E-state index contributed by atoms with van der Waals surface area (Å²) in [6.45, 7) is 5.10. The zero-order valence-electron chi connectivity index (χ0n) is 12.6. The van der Waals surface area contributed by atoms with Crippen LogP contribution in [0.1, 0.15) is 41.6 Å². The van der Waals surface area contributed by atoms with E-state index in [4.69, 9.17) is 0 Å². The molecule has 0 bridgehead atoms. The molecule has 1 atom stereocenters. The van der Waals surface area contributed by atoms with Crippen molar-refractivity contribution in [3.63, 3.8) is 0 Å². The number of benzene rings is 1. The summed E-state index contributed by atoms with van der Waals surface area (Å²) in [4.78, 5) is 15.1. The van der Waals surface area contributed by atoms with E-state index in [-0.39, 0.29) is 5.91 Å². The van der Waals surface area contributed by atoms with Crippen molar-refractivity contribution in [1.29, 1.82) is 0 Å². The van der Waals surface area contributed by atoms with Gasteiger partial charge in [0.05, 0.1) is 0 Å². The molecule has 1 saturated carbocycles. The average molecular weight is 351 g/mol. The normalized spacial score (nSPS) is 22.1. The van der Waals surface area contributed by atoms with Gasteiger partial charge in [0.15, 0.2) is 0 Å². The van der Waals surface area contributed by atoms with Crippen molar-refractivity contribution in [2.75, 3.05) is 19.6 Å². The molecule has 0 radical (unpaired) electrons. The van der Waals surface area contributed by atoms with E-state index in [1.54, 1.807) is 0 Å². The third kappa shape index (κ3) is 3.67. The fourth-order valence-corrected chi connectivity index (χ4v) is 3.64. The Morgan fingerprint density at radius 1 is 1.38 bits per heavy atom. The Hall–Kier alpha value is -0.870. The lowest BCUT2D eigenvalue weighted by Crippen LogP contribution is -2.42. The number of rotatable bonds is 4. The van der Waals surface area contributed by atoms with Crippen molar-refractivity contribution in [2.24, 2.45) is 5.92 Å². The first-order valence-corrected chi connectivity index (χ1v) is 8.72. The van der Waals surface area contributed by atoms with Gasteiger partial charge in [0, 0.05) is 22.6 Å². The minimum absolute atomic E-state index is 0.216.